The first kappa shape index (κ1) is 17.1. The minimum Gasteiger partial charge on any atom is -0.207 e. The zero-order chi connectivity index (χ0) is 15.9. The SMILES string of the molecule is CCc1cc(C(F)(F)F)cc(C(F)(F)F)c1S(=O)(=O)Cl. The molecule has 0 aliphatic heterocycles. The van der Waals surface area contributed by atoms with Crippen LogP contribution < -0.4 is 0 Å². The molecular formula is C10H7ClF6O2S. The second-order valence-corrected chi connectivity index (χ2v) is 6.30. The van der Waals surface area contributed by atoms with E-state index in [0.717, 1.165) is 0 Å². The van der Waals surface area contributed by atoms with Crippen LogP contribution in [0.2, 0.25) is 0 Å². The molecule has 114 valence electrons. The Morgan fingerprint density at radius 2 is 1.55 bits per heavy atom. The van der Waals surface area contributed by atoms with Crippen LogP contribution in [0.25, 0.3) is 0 Å². The van der Waals surface area contributed by atoms with Gasteiger partial charge in [0.25, 0.3) is 9.05 Å². The highest BCUT2D eigenvalue weighted by Crippen LogP contribution is 2.41. The van der Waals surface area contributed by atoms with Gasteiger partial charge in [-0.3, -0.25) is 0 Å². The van der Waals surface area contributed by atoms with Crippen LogP contribution >= 0.6 is 10.7 Å². The molecule has 1 aromatic rings. The Hall–Kier alpha value is -0.960. The van der Waals surface area contributed by atoms with Crippen LogP contribution in [-0.4, -0.2) is 8.42 Å². The highest BCUT2D eigenvalue weighted by molar-refractivity contribution is 8.13. The van der Waals surface area contributed by atoms with Crippen LogP contribution in [-0.2, 0) is 27.8 Å². The van der Waals surface area contributed by atoms with Gasteiger partial charge in [0.15, 0.2) is 0 Å². The lowest BCUT2D eigenvalue weighted by molar-refractivity contribution is -0.144. The Morgan fingerprint density at radius 3 is 1.85 bits per heavy atom. The summed E-state index contributed by atoms with van der Waals surface area (Å²) in [5.41, 5.74) is -4.13. The predicted octanol–water partition coefficient (Wildman–Crippen LogP) is 4.21. The van der Waals surface area contributed by atoms with Crippen LogP contribution in [0.3, 0.4) is 0 Å². The van der Waals surface area contributed by atoms with Crippen LogP contribution in [0.15, 0.2) is 17.0 Å². The Morgan fingerprint density at radius 1 is 1.05 bits per heavy atom. The number of halogens is 7. The van der Waals surface area contributed by atoms with Crippen molar-refractivity contribution >= 4 is 19.7 Å². The molecular weight excluding hydrogens is 334 g/mol. The summed E-state index contributed by atoms with van der Waals surface area (Å²) in [4.78, 5) is -1.33. The molecule has 0 aliphatic rings. The molecule has 0 N–H and O–H groups in total. The highest BCUT2D eigenvalue weighted by atomic mass is 35.7. The largest absolute Gasteiger partial charge is 0.417 e. The summed E-state index contributed by atoms with van der Waals surface area (Å²) in [7, 11) is 0.0745. The fourth-order valence-electron chi connectivity index (χ4n) is 1.61. The van der Waals surface area contributed by atoms with E-state index < -0.39 is 43.0 Å². The third kappa shape index (κ3) is 3.57. The quantitative estimate of drug-likeness (QED) is 0.597. The standard InChI is InChI=1S/C10H7ClF6O2S/c1-2-5-3-6(9(12,13)14)4-7(10(15,16)17)8(5)20(11,18)19/h3-4H,2H2,1H3. The number of aryl methyl sites for hydroxylation is 1. The molecule has 0 spiro atoms. The molecule has 0 amide bonds. The van der Waals surface area contributed by atoms with Gasteiger partial charge in [0.1, 0.15) is 0 Å². The van der Waals surface area contributed by atoms with Crippen molar-refractivity contribution in [2.75, 3.05) is 0 Å². The normalized spacial score (nSPS) is 13.6. The summed E-state index contributed by atoms with van der Waals surface area (Å²) in [6.07, 6.45) is -10.7. The topological polar surface area (TPSA) is 34.1 Å². The minimum atomic E-state index is -5.28. The van der Waals surface area contributed by atoms with E-state index in [1.807, 2.05) is 0 Å². The second-order valence-electron chi connectivity index (χ2n) is 3.80. The molecule has 0 fully saturated rings. The first-order valence-electron chi connectivity index (χ1n) is 5.04. The maximum absolute atomic E-state index is 12.8. The lowest BCUT2D eigenvalue weighted by atomic mass is 10.0. The molecule has 0 radical (unpaired) electrons. The number of hydrogen-bond acceptors (Lipinski definition) is 2. The van der Waals surface area contributed by atoms with Gasteiger partial charge in [-0.2, -0.15) is 26.3 Å². The average molecular weight is 341 g/mol. The molecule has 1 aromatic carbocycles. The average Bonchev–Trinajstić information content (AvgIpc) is 2.23. The van der Waals surface area contributed by atoms with Gasteiger partial charge in [-0.25, -0.2) is 8.42 Å². The third-order valence-corrected chi connectivity index (χ3v) is 3.86. The molecule has 0 heterocycles. The van der Waals surface area contributed by atoms with Crippen LogP contribution in [0.1, 0.15) is 23.6 Å². The number of hydrogen-bond donors (Lipinski definition) is 0. The van der Waals surface area contributed by atoms with Gasteiger partial charge in [-0.05, 0) is 24.1 Å². The van der Waals surface area contributed by atoms with Crippen molar-refractivity contribution in [3.8, 4) is 0 Å². The summed E-state index contributed by atoms with van der Waals surface area (Å²) in [6.45, 7) is 1.22. The van der Waals surface area contributed by atoms with Crippen LogP contribution in [0, 0.1) is 0 Å². The lowest BCUT2D eigenvalue weighted by Gasteiger charge is -2.17. The van der Waals surface area contributed by atoms with E-state index in [1.54, 1.807) is 0 Å². The minimum absolute atomic E-state index is 0.256. The number of benzene rings is 1. The van der Waals surface area contributed by atoms with Crippen LogP contribution in [0.5, 0.6) is 0 Å². The smallest absolute Gasteiger partial charge is 0.207 e. The van der Waals surface area contributed by atoms with Gasteiger partial charge in [-0.15, -0.1) is 0 Å². The molecule has 10 heteroatoms. The Labute approximate surface area is 114 Å². The molecule has 0 bridgehead atoms. The molecule has 0 aromatic heterocycles. The van der Waals surface area contributed by atoms with Crippen molar-refractivity contribution in [2.24, 2.45) is 0 Å². The molecule has 0 unspecified atom stereocenters. The molecule has 0 saturated heterocycles. The van der Waals surface area contributed by atoms with Crippen molar-refractivity contribution in [3.05, 3.63) is 28.8 Å². The fraction of sp³-hybridized carbons (Fsp3) is 0.400. The number of alkyl halides is 6. The third-order valence-electron chi connectivity index (χ3n) is 2.42. The van der Waals surface area contributed by atoms with E-state index in [1.165, 1.54) is 6.92 Å². The number of rotatable bonds is 2. The maximum atomic E-state index is 12.8. The van der Waals surface area contributed by atoms with Crippen LogP contribution in [0.4, 0.5) is 26.3 Å². The zero-order valence-electron chi connectivity index (χ0n) is 9.73. The van der Waals surface area contributed by atoms with Crippen molar-refractivity contribution in [1.82, 2.24) is 0 Å². The molecule has 0 aliphatic carbocycles. The van der Waals surface area contributed by atoms with Crippen molar-refractivity contribution in [3.63, 3.8) is 0 Å². The molecule has 0 atom stereocenters. The van der Waals surface area contributed by atoms with E-state index in [2.05, 4.69) is 0 Å². The van der Waals surface area contributed by atoms with Gasteiger partial charge < -0.3 is 0 Å². The first-order valence-corrected chi connectivity index (χ1v) is 7.35. The van der Waals surface area contributed by atoms with Crippen molar-refractivity contribution < 1.29 is 34.8 Å². The van der Waals surface area contributed by atoms with E-state index in [-0.39, 0.29) is 12.5 Å². The summed E-state index contributed by atoms with van der Waals surface area (Å²) in [5.74, 6) is 0. The molecule has 1 rings (SSSR count). The Balaban J connectivity index is 3.85. The molecule has 20 heavy (non-hydrogen) atoms. The summed E-state index contributed by atoms with van der Waals surface area (Å²) >= 11 is 0. The zero-order valence-corrected chi connectivity index (χ0v) is 11.3. The fourth-order valence-corrected chi connectivity index (χ4v) is 3.11. The second kappa shape index (κ2) is 5.10. The first-order chi connectivity index (χ1) is 8.78. The van der Waals surface area contributed by atoms with Gasteiger partial charge in [0, 0.05) is 10.7 Å². The summed E-state index contributed by atoms with van der Waals surface area (Å²) in [6, 6.07) is 0.0962. The van der Waals surface area contributed by atoms with E-state index >= 15 is 0 Å². The Bertz CT molecular complexity index is 618. The van der Waals surface area contributed by atoms with Gasteiger partial charge in [-0.1, -0.05) is 6.92 Å². The van der Waals surface area contributed by atoms with E-state index in [9.17, 15) is 34.8 Å². The predicted molar refractivity (Wildman–Crippen MR) is 58.9 cm³/mol. The van der Waals surface area contributed by atoms with Gasteiger partial charge in [0.2, 0.25) is 0 Å². The lowest BCUT2D eigenvalue weighted by Crippen LogP contribution is -2.16. The van der Waals surface area contributed by atoms with Crippen molar-refractivity contribution in [2.45, 2.75) is 30.6 Å². The van der Waals surface area contributed by atoms with E-state index in [4.69, 9.17) is 10.7 Å². The maximum Gasteiger partial charge on any atom is 0.417 e. The van der Waals surface area contributed by atoms with Gasteiger partial charge in [0.05, 0.1) is 16.0 Å². The van der Waals surface area contributed by atoms with Crippen molar-refractivity contribution in [1.29, 1.82) is 0 Å². The molecule has 2 nitrogen and oxygen atoms in total. The Kier molecular flexibility index (Phi) is 4.36. The van der Waals surface area contributed by atoms with Gasteiger partial charge >= 0.3 is 12.4 Å². The summed E-state index contributed by atoms with van der Waals surface area (Å²) in [5, 5.41) is 0. The molecule has 0 saturated carbocycles. The highest BCUT2D eigenvalue weighted by Gasteiger charge is 2.42. The monoisotopic (exact) mass is 340 g/mol. The summed E-state index contributed by atoms with van der Waals surface area (Å²) < 4.78 is 98.4. The van der Waals surface area contributed by atoms with E-state index in [0.29, 0.717) is 6.07 Å².